The van der Waals surface area contributed by atoms with E-state index in [0.717, 1.165) is 51.1 Å². The average Bonchev–Trinajstić information content (AvgIpc) is 2.85. The second-order valence-electron chi connectivity index (χ2n) is 8.26. The molecule has 2 amide bonds. The van der Waals surface area contributed by atoms with Gasteiger partial charge in [-0.15, -0.1) is 11.8 Å². The van der Waals surface area contributed by atoms with Gasteiger partial charge in [-0.05, 0) is 83.5 Å². The fraction of sp³-hybridized carbons (Fsp3) is 0.259. The second-order valence-corrected chi connectivity index (χ2v) is 10.7. The van der Waals surface area contributed by atoms with Crippen LogP contribution < -0.4 is 10.6 Å². The molecule has 6 heteroatoms. The maximum absolute atomic E-state index is 13.3. The molecule has 0 heterocycles. The first-order chi connectivity index (χ1) is 16.1. The molecule has 4 nitrogen and oxygen atoms in total. The molecule has 1 aliphatic rings. The van der Waals surface area contributed by atoms with Gasteiger partial charge in [0.25, 0.3) is 0 Å². The van der Waals surface area contributed by atoms with Gasteiger partial charge >= 0.3 is 0 Å². The monoisotopic (exact) mass is 570 g/mol. The van der Waals surface area contributed by atoms with Gasteiger partial charge in [-0.25, -0.2) is 0 Å². The molecule has 1 atom stereocenters. The van der Waals surface area contributed by atoms with Crippen molar-refractivity contribution in [2.45, 2.75) is 42.2 Å². The standard InChI is InChI=1S/C27H27IN2O2S/c28-21-14-16-22(17-15-21)29-27(32)25(19-8-3-1-4-9-19)33-24-13-7-12-23(18-24)30-26(31)20-10-5-2-6-11-20/h1,3-4,7-9,12-18,20,25H,2,5-6,10-11H2,(H,29,32)(H,30,31). The Hall–Kier alpha value is -2.32. The van der Waals surface area contributed by atoms with Crippen molar-refractivity contribution in [1.82, 2.24) is 0 Å². The Morgan fingerprint density at radius 3 is 2.27 bits per heavy atom. The summed E-state index contributed by atoms with van der Waals surface area (Å²) in [5.74, 6) is 0.129. The van der Waals surface area contributed by atoms with E-state index in [1.54, 1.807) is 0 Å². The van der Waals surface area contributed by atoms with E-state index < -0.39 is 5.25 Å². The van der Waals surface area contributed by atoms with E-state index in [1.165, 1.54) is 18.2 Å². The quantitative estimate of drug-likeness (QED) is 0.232. The van der Waals surface area contributed by atoms with Gasteiger partial charge in [-0.2, -0.15) is 0 Å². The van der Waals surface area contributed by atoms with Crippen molar-refractivity contribution in [3.63, 3.8) is 0 Å². The van der Waals surface area contributed by atoms with Crippen LogP contribution in [0.25, 0.3) is 0 Å². The molecule has 1 unspecified atom stereocenters. The van der Waals surface area contributed by atoms with Gasteiger partial charge in [0.2, 0.25) is 11.8 Å². The van der Waals surface area contributed by atoms with Crippen LogP contribution in [0.2, 0.25) is 0 Å². The van der Waals surface area contributed by atoms with E-state index in [1.807, 2.05) is 78.9 Å². The minimum absolute atomic E-state index is 0.0796. The summed E-state index contributed by atoms with van der Waals surface area (Å²) in [5.41, 5.74) is 2.48. The van der Waals surface area contributed by atoms with E-state index in [0.29, 0.717) is 0 Å². The fourth-order valence-corrected chi connectivity index (χ4v) is 5.48. The van der Waals surface area contributed by atoms with E-state index in [9.17, 15) is 9.59 Å². The summed E-state index contributed by atoms with van der Waals surface area (Å²) in [6.45, 7) is 0. The number of carbonyl (C=O) groups excluding carboxylic acids is 2. The second kappa shape index (κ2) is 11.7. The topological polar surface area (TPSA) is 58.2 Å². The third-order valence-corrected chi connectivity index (χ3v) is 7.75. The zero-order valence-electron chi connectivity index (χ0n) is 18.3. The Morgan fingerprint density at radius 1 is 0.818 bits per heavy atom. The van der Waals surface area contributed by atoms with Crippen LogP contribution in [0.1, 0.15) is 42.9 Å². The predicted octanol–water partition coefficient (Wildman–Crippen LogP) is 7.28. The van der Waals surface area contributed by atoms with E-state index in [4.69, 9.17) is 0 Å². The van der Waals surface area contributed by atoms with Crippen LogP contribution in [0.4, 0.5) is 11.4 Å². The van der Waals surface area contributed by atoms with Gasteiger partial charge in [0, 0.05) is 25.8 Å². The average molecular weight is 570 g/mol. The molecule has 0 radical (unpaired) electrons. The molecule has 2 N–H and O–H groups in total. The lowest BCUT2D eigenvalue weighted by Crippen LogP contribution is -2.24. The van der Waals surface area contributed by atoms with Crippen LogP contribution in [-0.2, 0) is 9.59 Å². The highest BCUT2D eigenvalue weighted by Gasteiger charge is 2.23. The minimum Gasteiger partial charge on any atom is -0.326 e. The Morgan fingerprint density at radius 2 is 1.55 bits per heavy atom. The number of nitrogens with one attached hydrogen (secondary N) is 2. The van der Waals surface area contributed by atoms with Gasteiger partial charge in [-0.3, -0.25) is 9.59 Å². The van der Waals surface area contributed by atoms with Gasteiger partial charge in [0.1, 0.15) is 5.25 Å². The first kappa shape index (κ1) is 23.8. The normalized spacial score (nSPS) is 14.9. The number of hydrogen-bond acceptors (Lipinski definition) is 3. The lowest BCUT2D eigenvalue weighted by atomic mass is 9.88. The highest BCUT2D eigenvalue weighted by molar-refractivity contribution is 14.1. The zero-order valence-corrected chi connectivity index (χ0v) is 21.3. The summed E-state index contributed by atoms with van der Waals surface area (Å²) in [4.78, 5) is 26.9. The molecule has 3 aromatic rings. The summed E-state index contributed by atoms with van der Waals surface area (Å²) in [5, 5.41) is 5.71. The van der Waals surface area contributed by atoms with Gasteiger partial charge in [0.15, 0.2) is 0 Å². The van der Waals surface area contributed by atoms with Crippen LogP contribution in [0.3, 0.4) is 0 Å². The number of benzene rings is 3. The summed E-state index contributed by atoms with van der Waals surface area (Å²) < 4.78 is 1.12. The van der Waals surface area contributed by atoms with Gasteiger partial charge < -0.3 is 10.6 Å². The largest absolute Gasteiger partial charge is 0.326 e. The van der Waals surface area contributed by atoms with Gasteiger partial charge in [-0.1, -0.05) is 55.7 Å². The van der Waals surface area contributed by atoms with Crippen molar-refractivity contribution in [2.75, 3.05) is 10.6 Å². The third-order valence-electron chi connectivity index (χ3n) is 5.78. The maximum atomic E-state index is 13.3. The van der Waals surface area contributed by atoms with Crippen molar-refractivity contribution in [3.05, 3.63) is 88.0 Å². The van der Waals surface area contributed by atoms with Crippen molar-refractivity contribution in [3.8, 4) is 0 Å². The number of halogens is 1. The number of thioether (sulfide) groups is 1. The summed E-state index contributed by atoms with van der Waals surface area (Å²) in [6, 6.07) is 25.3. The lowest BCUT2D eigenvalue weighted by molar-refractivity contribution is -0.120. The smallest absolute Gasteiger partial charge is 0.242 e. The van der Waals surface area contributed by atoms with E-state index in [2.05, 4.69) is 33.2 Å². The Bertz CT molecular complexity index is 1080. The van der Waals surface area contributed by atoms with Crippen LogP contribution >= 0.6 is 34.4 Å². The van der Waals surface area contributed by atoms with Gasteiger partial charge in [0.05, 0.1) is 0 Å². The summed E-state index contributed by atoms with van der Waals surface area (Å²) in [7, 11) is 0. The molecular weight excluding hydrogens is 543 g/mol. The molecular formula is C27H27IN2O2S. The maximum Gasteiger partial charge on any atom is 0.242 e. The van der Waals surface area contributed by atoms with Crippen molar-refractivity contribution in [2.24, 2.45) is 5.92 Å². The molecule has 3 aromatic carbocycles. The number of amides is 2. The Balaban J connectivity index is 1.50. The van der Waals surface area contributed by atoms with Crippen LogP contribution in [-0.4, -0.2) is 11.8 Å². The first-order valence-corrected chi connectivity index (χ1v) is 13.2. The summed E-state index contributed by atoms with van der Waals surface area (Å²) >= 11 is 3.73. The van der Waals surface area contributed by atoms with Crippen molar-refractivity contribution in [1.29, 1.82) is 0 Å². The van der Waals surface area contributed by atoms with Crippen LogP contribution in [0, 0.1) is 9.49 Å². The fourth-order valence-electron chi connectivity index (χ4n) is 4.03. The zero-order chi connectivity index (χ0) is 23.0. The van der Waals surface area contributed by atoms with Crippen LogP contribution in [0.15, 0.2) is 83.8 Å². The third kappa shape index (κ3) is 6.84. The highest BCUT2D eigenvalue weighted by Crippen LogP contribution is 2.37. The number of carbonyl (C=O) groups is 2. The van der Waals surface area contributed by atoms with E-state index in [-0.39, 0.29) is 17.7 Å². The predicted molar refractivity (Wildman–Crippen MR) is 144 cm³/mol. The molecule has 1 fully saturated rings. The number of hydrogen-bond donors (Lipinski definition) is 2. The van der Waals surface area contributed by atoms with Crippen LogP contribution in [0.5, 0.6) is 0 Å². The Labute approximate surface area is 213 Å². The number of anilines is 2. The molecule has 0 bridgehead atoms. The molecule has 0 aromatic heterocycles. The molecule has 170 valence electrons. The first-order valence-electron chi connectivity index (χ1n) is 11.3. The molecule has 1 aliphatic carbocycles. The lowest BCUT2D eigenvalue weighted by Gasteiger charge is -2.21. The highest BCUT2D eigenvalue weighted by atomic mass is 127. The number of rotatable bonds is 7. The minimum atomic E-state index is -0.422. The van der Waals surface area contributed by atoms with Crippen molar-refractivity contribution < 1.29 is 9.59 Å². The summed E-state index contributed by atoms with van der Waals surface area (Å²) in [6.07, 6.45) is 5.41. The molecule has 4 rings (SSSR count). The SMILES string of the molecule is O=C(Nc1cccc(SC(C(=O)Nc2ccc(I)cc2)c2ccccc2)c1)C1CCCCC1. The molecule has 0 saturated heterocycles. The molecule has 0 spiro atoms. The Kier molecular flexibility index (Phi) is 8.45. The molecule has 0 aliphatic heterocycles. The van der Waals surface area contributed by atoms with E-state index >= 15 is 0 Å². The molecule has 33 heavy (non-hydrogen) atoms. The molecule has 1 saturated carbocycles. The van der Waals surface area contributed by atoms with Crippen molar-refractivity contribution >= 4 is 57.5 Å².